The Labute approximate surface area is 162 Å². The van der Waals surface area contributed by atoms with Crippen LogP contribution in [0.4, 0.5) is 14.5 Å². The largest absolute Gasteiger partial charge is 0.490 e. The van der Waals surface area contributed by atoms with Gasteiger partial charge in [0.25, 0.3) is 0 Å². The van der Waals surface area contributed by atoms with Gasteiger partial charge in [0.05, 0.1) is 18.9 Å². The fourth-order valence-electron chi connectivity index (χ4n) is 3.13. The van der Waals surface area contributed by atoms with Gasteiger partial charge in [-0.05, 0) is 25.0 Å². The van der Waals surface area contributed by atoms with Crippen LogP contribution >= 0.6 is 0 Å². The predicted octanol–water partition coefficient (Wildman–Crippen LogP) is 1.25. The SMILES string of the molecule is N=C/C(=C(/OCC1(CO)CC1)C(O)Nc1cc(F)cc(F)c1)N1CCNCC1. The molecule has 1 saturated heterocycles. The second kappa shape index (κ2) is 8.85. The summed E-state index contributed by atoms with van der Waals surface area (Å²) in [6.07, 6.45) is 1.34. The lowest BCUT2D eigenvalue weighted by Gasteiger charge is -2.32. The van der Waals surface area contributed by atoms with Crippen molar-refractivity contribution >= 4 is 11.9 Å². The first-order valence-electron chi connectivity index (χ1n) is 9.31. The molecular weight excluding hydrogens is 370 g/mol. The molecule has 154 valence electrons. The third-order valence-electron chi connectivity index (χ3n) is 5.09. The van der Waals surface area contributed by atoms with Gasteiger partial charge in [0, 0.05) is 49.6 Å². The number of benzene rings is 1. The Morgan fingerprint density at radius 3 is 2.46 bits per heavy atom. The van der Waals surface area contributed by atoms with Crippen LogP contribution in [0, 0.1) is 22.5 Å². The smallest absolute Gasteiger partial charge is 0.185 e. The fraction of sp³-hybridized carbons (Fsp3) is 0.526. The second-order valence-electron chi connectivity index (χ2n) is 7.28. The first-order chi connectivity index (χ1) is 13.5. The van der Waals surface area contributed by atoms with Crippen molar-refractivity contribution in [2.45, 2.75) is 19.1 Å². The highest BCUT2D eigenvalue weighted by atomic mass is 19.1. The Bertz CT molecular complexity index is 714. The molecule has 1 aliphatic carbocycles. The Kier molecular flexibility index (Phi) is 6.48. The molecule has 7 nitrogen and oxygen atoms in total. The molecule has 2 aliphatic rings. The van der Waals surface area contributed by atoms with Gasteiger partial charge in [0.1, 0.15) is 11.6 Å². The molecule has 1 heterocycles. The number of hydrogen-bond acceptors (Lipinski definition) is 7. The zero-order valence-corrected chi connectivity index (χ0v) is 15.5. The summed E-state index contributed by atoms with van der Waals surface area (Å²) in [7, 11) is 0. The highest BCUT2D eigenvalue weighted by Gasteiger charge is 2.43. The van der Waals surface area contributed by atoms with Crippen LogP contribution in [0.3, 0.4) is 0 Å². The topological polar surface area (TPSA) is 101 Å². The van der Waals surface area contributed by atoms with E-state index in [9.17, 15) is 19.0 Å². The van der Waals surface area contributed by atoms with Gasteiger partial charge in [-0.2, -0.15) is 0 Å². The van der Waals surface area contributed by atoms with E-state index in [-0.39, 0.29) is 30.1 Å². The zero-order chi connectivity index (χ0) is 20.1. The summed E-state index contributed by atoms with van der Waals surface area (Å²) in [5, 5.41) is 33.9. The van der Waals surface area contributed by atoms with Crippen molar-refractivity contribution in [1.29, 1.82) is 5.41 Å². The van der Waals surface area contributed by atoms with Gasteiger partial charge in [0.2, 0.25) is 0 Å². The number of ether oxygens (including phenoxy) is 1. The summed E-state index contributed by atoms with van der Waals surface area (Å²) in [6.45, 7) is 2.88. The van der Waals surface area contributed by atoms with E-state index < -0.39 is 17.9 Å². The normalized spacial score (nSPS) is 20.2. The molecule has 0 bridgehead atoms. The summed E-state index contributed by atoms with van der Waals surface area (Å²) < 4.78 is 32.8. The number of allylic oxidation sites excluding steroid dienone is 1. The first-order valence-corrected chi connectivity index (χ1v) is 9.31. The minimum atomic E-state index is -1.41. The summed E-state index contributed by atoms with van der Waals surface area (Å²) in [5.74, 6) is -1.44. The maximum absolute atomic E-state index is 13.5. The lowest BCUT2D eigenvalue weighted by atomic mass is 10.1. The van der Waals surface area contributed by atoms with Crippen molar-refractivity contribution in [3.8, 4) is 0 Å². The van der Waals surface area contributed by atoms with Gasteiger partial charge in [0.15, 0.2) is 12.0 Å². The van der Waals surface area contributed by atoms with E-state index in [2.05, 4.69) is 10.6 Å². The molecule has 1 aliphatic heterocycles. The van der Waals surface area contributed by atoms with Gasteiger partial charge >= 0.3 is 0 Å². The van der Waals surface area contributed by atoms with Crippen molar-refractivity contribution in [2.75, 3.05) is 44.7 Å². The molecule has 0 spiro atoms. The Balaban J connectivity index is 1.84. The first kappa shape index (κ1) is 20.5. The molecule has 1 saturated carbocycles. The number of aliphatic hydroxyl groups excluding tert-OH is 2. The molecule has 1 unspecified atom stereocenters. The maximum Gasteiger partial charge on any atom is 0.185 e. The van der Waals surface area contributed by atoms with Gasteiger partial charge in [-0.1, -0.05) is 0 Å². The Morgan fingerprint density at radius 2 is 1.93 bits per heavy atom. The van der Waals surface area contributed by atoms with E-state index in [0.717, 1.165) is 50.3 Å². The summed E-state index contributed by atoms with van der Waals surface area (Å²) in [4.78, 5) is 1.91. The molecule has 2 fully saturated rings. The van der Waals surface area contributed by atoms with Crippen molar-refractivity contribution in [1.82, 2.24) is 10.2 Å². The molecular formula is C19H26F2N4O3. The van der Waals surface area contributed by atoms with Crippen molar-refractivity contribution < 1.29 is 23.7 Å². The van der Waals surface area contributed by atoms with Crippen molar-refractivity contribution in [3.05, 3.63) is 41.3 Å². The summed E-state index contributed by atoms with van der Waals surface area (Å²) in [5.41, 5.74) is 0.123. The number of hydrogen-bond donors (Lipinski definition) is 5. The van der Waals surface area contributed by atoms with Crippen LogP contribution in [0.1, 0.15) is 12.8 Å². The third-order valence-corrected chi connectivity index (χ3v) is 5.09. The van der Waals surface area contributed by atoms with Crippen LogP contribution in [-0.2, 0) is 4.74 Å². The van der Waals surface area contributed by atoms with Gasteiger partial charge < -0.3 is 35.9 Å². The van der Waals surface area contributed by atoms with Crippen LogP contribution in [-0.4, -0.2) is 66.9 Å². The number of anilines is 1. The highest BCUT2D eigenvalue weighted by molar-refractivity contribution is 5.76. The average Bonchev–Trinajstić information content (AvgIpc) is 3.45. The molecule has 1 atom stereocenters. The van der Waals surface area contributed by atoms with Gasteiger partial charge in [-0.15, -0.1) is 0 Å². The number of piperazine rings is 1. The molecule has 5 N–H and O–H groups in total. The van der Waals surface area contributed by atoms with Gasteiger partial charge in [-0.25, -0.2) is 8.78 Å². The fourth-order valence-corrected chi connectivity index (χ4v) is 3.13. The molecule has 1 aromatic rings. The molecule has 0 aromatic heterocycles. The third kappa shape index (κ3) is 4.98. The van der Waals surface area contributed by atoms with E-state index in [1.165, 1.54) is 0 Å². The molecule has 0 amide bonds. The van der Waals surface area contributed by atoms with Crippen LogP contribution < -0.4 is 10.6 Å². The zero-order valence-electron chi connectivity index (χ0n) is 15.5. The van der Waals surface area contributed by atoms with E-state index in [1.54, 1.807) is 0 Å². The van der Waals surface area contributed by atoms with E-state index in [0.29, 0.717) is 18.8 Å². The summed E-state index contributed by atoms with van der Waals surface area (Å²) >= 11 is 0. The van der Waals surface area contributed by atoms with Crippen LogP contribution in [0.2, 0.25) is 0 Å². The Morgan fingerprint density at radius 1 is 1.29 bits per heavy atom. The van der Waals surface area contributed by atoms with E-state index in [4.69, 9.17) is 10.1 Å². The second-order valence-corrected chi connectivity index (χ2v) is 7.28. The molecule has 28 heavy (non-hydrogen) atoms. The van der Waals surface area contributed by atoms with Gasteiger partial charge in [-0.3, -0.25) is 0 Å². The van der Waals surface area contributed by atoms with Crippen molar-refractivity contribution in [3.63, 3.8) is 0 Å². The minimum absolute atomic E-state index is 0.0214. The predicted molar refractivity (Wildman–Crippen MR) is 101 cm³/mol. The maximum atomic E-state index is 13.5. The molecule has 1 aromatic carbocycles. The van der Waals surface area contributed by atoms with E-state index in [1.807, 2.05) is 4.90 Å². The lowest BCUT2D eigenvalue weighted by Crippen LogP contribution is -2.44. The number of aliphatic hydroxyl groups is 2. The summed E-state index contributed by atoms with van der Waals surface area (Å²) in [6, 6.07) is 2.87. The van der Waals surface area contributed by atoms with Crippen LogP contribution in [0.25, 0.3) is 0 Å². The quantitative estimate of drug-likeness (QED) is 0.245. The number of halogens is 2. The monoisotopic (exact) mass is 396 g/mol. The number of rotatable bonds is 9. The standard InChI is InChI=1S/C19H26F2N4O3/c20-13-7-14(21)9-15(8-13)24-18(27)17(28-12-19(11-26)1-2-19)16(10-22)25-5-3-23-4-6-25/h7-10,18,22-24,26-27H,1-6,11-12H2/b17-16-,22-10?. The molecule has 0 radical (unpaired) electrons. The van der Waals surface area contributed by atoms with Crippen LogP contribution in [0.5, 0.6) is 0 Å². The minimum Gasteiger partial charge on any atom is -0.490 e. The lowest BCUT2D eigenvalue weighted by molar-refractivity contribution is 0.0608. The van der Waals surface area contributed by atoms with E-state index >= 15 is 0 Å². The number of nitrogens with zero attached hydrogens (tertiary/aromatic N) is 1. The highest BCUT2D eigenvalue weighted by Crippen LogP contribution is 2.45. The Hall–Kier alpha value is -2.23. The number of nitrogens with one attached hydrogen (secondary N) is 3. The van der Waals surface area contributed by atoms with Crippen molar-refractivity contribution in [2.24, 2.45) is 5.41 Å². The van der Waals surface area contributed by atoms with Crippen LogP contribution in [0.15, 0.2) is 29.7 Å². The average molecular weight is 396 g/mol. The molecule has 3 rings (SSSR count). The molecule has 9 heteroatoms.